The van der Waals surface area contributed by atoms with E-state index in [-0.39, 0.29) is 24.7 Å². The topological polar surface area (TPSA) is 113 Å². The van der Waals surface area contributed by atoms with Crippen molar-refractivity contribution < 1.29 is 28.0 Å². The van der Waals surface area contributed by atoms with Gasteiger partial charge in [0.05, 0.1) is 17.5 Å². The van der Waals surface area contributed by atoms with E-state index in [1.807, 2.05) is 54.6 Å². The Morgan fingerprint density at radius 3 is 2.36 bits per heavy atom. The molecule has 0 spiro atoms. The molecule has 1 aliphatic rings. The first kappa shape index (κ1) is 25.4. The van der Waals surface area contributed by atoms with Gasteiger partial charge < -0.3 is 4.74 Å². The van der Waals surface area contributed by atoms with E-state index in [0.717, 1.165) is 16.7 Å². The van der Waals surface area contributed by atoms with E-state index in [1.54, 1.807) is 18.2 Å². The molecule has 2 amide bonds. The van der Waals surface area contributed by atoms with E-state index in [0.29, 0.717) is 29.2 Å². The molecule has 0 saturated carbocycles. The van der Waals surface area contributed by atoms with E-state index in [4.69, 9.17) is 4.74 Å². The summed E-state index contributed by atoms with van der Waals surface area (Å²) in [5, 5.41) is 13.2. The second kappa shape index (κ2) is 11.4. The highest BCUT2D eigenvalue weighted by Crippen LogP contribution is 2.29. The van der Waals surface area contributed by atoms with Crippen LogP contribution < -0.4 is 5.32 Å². The number of nitrogens with zero attached hydrogens (tertiary/aromatic N) is 1. The average Bonchev–Trinajstić information content (AvgIpc) is 3.28. The Bertz CT molecular complexity index is 1290. The fraction of sp³-hybridized carbons (Fsp3) is 0.259. The van der Waals surface area contributed by atoms with Gasteiger partial charge in [-0.1, -0.05) is 66.7 Å². The molecule has 1 atom stereocenters. The lowest BCUT2D eigenvalue weighted by Crippen LogP contribution is -2.32. The van der Waals surface area contributed by atoms with Crippen molar-refractivity contribution in [2.45, 2.75) is 25.5 Å². The second-order valence-corrected chi connectivity index (χ2v) is 11.1. The number of anilines is 1. The first-order valence-corrected chi connectivity index (χ1v) is 13.4. The molecule has 0 radical (unpaired) electrons. The SMILES string of the molecule is O=CN(O)[C@H](CS(=O)(=O)CC1Cc2ccccc2C1)c1cccc(NC(=O)OCc2ccccc2)c1. The van der Waals surface area contributed by atoms with Crippen molar-refractivity contribution in [3.05, 3.63) is 101 Å². The lowest BCUT2D eigenvalue weighted by molar-refractivity contribution is -0.158. The summed E-state index contributed by atoms with van der Waals surface area (Å²) in [6, 6.07) is 22.3. The highest BCUT2D eigenvalue weighted by atomic mass is 32.2. The van der Waals surface area contributed by atoms with Crippen LogP contribution in [-0.4, -0.2) is 42.7 Å². The van der Waals surface area contributed by atoms with Crippen LogP contribution in [-0.2, 0) is 38.8 Å². The number of sulfone groups is 1. The van der Waals surface area contributed by atoms with Gasteiger partial charge in [0.2, 0.25) is 6.41 Å². The van der Waals surface area contributed by atoms with Crippen LogP contribution >= 0.6 is 0 Å². The zero-order valence-corrected chi connectivity index (χ0v) is 20.4. The van der Waals surface area contributed by atoms with E-state index in [1.165, 1.54) is 6.07 Å². The average molecular weight is 509 g/mol. The highest BCUT2D eigenvalue weighted by Gasteiger charge is 2.30. The maximum absolute atomic E-state index is 13.1. The van der Waals surface area contributed by atoms with Gasteiger partial charge in [-0.25, -0.2) is 18.3 Å². The zero-order chi connectivity index (χ0) is 25.5. The van der Waals surface area contributed by atoms with Crippen molar-refractivity contribution in [2.75, 3.05) is 16.8 Å². The maximum Gasteiger partial charge on any atom is 0.411 e. The van der Waals surface area contributed by atoms with Gasteiger partial charge in [0, 0.05) is 5.69 Å². The molecule has 0 saturated heterocycles. The minimum Gasteiger partial charge on any atom is -0.444 e. The lowest BCUT2D eigenvalue weighted by atomic mass is 10.1. The number of carbonyl (C=O) groups excluding carboxylic acids is 2. The molecule has 36 heavy (non-hydrogen) atoms. The Labute approximate surface area is 210 Å². The number of fused-ring (bicyclic) bond motifs is 1. The number of amides is 2. The monoisotopic (exact) mass is 508 g/mol. The first-order chi connectivity index (χ1) is 17.3. The summed E-state index contributed by atoms with van der Waals surface area (Å²) >= 11 is 0. The molecule has 0 aliphatic heterocycles. The number of hydroxylamine groups is 2. The van der Waals surface area contributed by atoms with Crippen molar-refractivity contribution in [2.24, 2.45) is 5.92 Å². The molecule has 8 nitrogen and oxygen atoms in total. The van der Waals surface area contributed by atoms with Crippen molar-refractivity contribution in [3.63, 3.8) is 0 Å². The Balaban J connectivity index is 1.41. The normalized spacial score (nSPS) is 14.0. The molecule has 3 aromatic rings. The third-order valence-corrected chi connectivity index (χ3v) is 8.00. The quantitative estimate of drug-likeness (QED) is 0.242. The van der Waals surface area contributed by atoms with Crippen LogP contribution in [0.25, 0.3) is 0 Å². The van der Waals surface area contributed by atoms with Crippen LogP contribution in [0.15, 0.2) is 78.9 Å². The van der Waals surface area contributed by atoms with Gasteiger partial charge in [-0.15, -0.1) is 0 Å². The van der Waals surface area contributed by atoms with E-state index < -0.39 is 27.7 Å². The summed E-state index contributed by atoms with van der Waals surface area (Å²) in [5.41, 5.74) is 3.86. The third-order valence-electron chi connectivity index (χ3n) is 6.19. The van der Waals surface area contributed by atoms with Crippen molar-refractivity contribution in [1.29, 1.82) is 0 Å². The molecular weight excluding hydrogens is 480 g/mol. The number of carbonyl (C=O) groups is 2. The van der Waals surface area contributed by atoms with Crippen molar-refractivity contribution in [1.82, 2.24) is 5.06 Å². The van der Waals surface area contributed by atoms with Gasteiger partial charge in [-0.3, -0.25) is 15.3 Å². The van der Waals surface area contributed by atoms with E-state index in [2.05, 4.69) is 5.32 Å². The van der Waals surface area contributed by atoms with Crippen molar-refractivity contribution >= 4 is 28.0 Å². The molecule has 3 aromatic carbocycles. The van der Waals surface area contributed by atoms with Gasteiger partial charge in [-0.2, -0.15) is 0 Å². The molecule has 9 heteroatoms. The molecular formula is C27H28N2O6S. The lowest BCUT2D eigenvalue weighted by Gasteiger charge is -2.24. The van der Waals surface area contributed by atoms with Gasteiger partial charge in [0.25, 0.3) is 0 Å². The number of nitrogens with one attached hydrogen (secondary N) is 1. The summed E-state index contributed by atoms with van der Waals surface area (Å²) in [6.45, 7) is 0.0911. The molecule has 4 rings (SSSR count). The Hall–Kier alpha value is -3.69. The number of hydrogen-bond donors (Lipinski definition) is 2. The van der Waals surface area contributed by atoms with Crippen LogP contribution in [0.3, 0.4) is 0 Å². The molecule has 0 unspecified atom stereocenters. The summed E-state index contributed by atoms with van der Waals surface area (Å²) < 4.78 is 31.4. The molecule has 0 heterocycles. The van der Waals surface area contributed by atoms with Crippen molar-refractivity contribution in [3.8, 4) is 0 Å². The summed E-state index contributed by atoms with van der Waals surface area (Å²) in [5.74, 6) is -0.546. The molecule has 1 aliphatic carbocycles. The maximum atomic E-state index is 13.1. The summed E-state index contributed by atoms with van der Waals surface area (Å²) in [6.07, 6.45) is 0.861. The molecule has 188 valence electrons. The molecule has 2 N–H and O–H groups in total. The van der Waals surface area contributed by atoms with Crippen LogP contribution in [0.5, 0.6) is 0 Å². The largest absolute Gasteiger partial charge is 0.444 e. The van der Waals surface area contributed by atoms with E-state index >= 15 is 0 Å². The van der Waals surface area contributed by atoms with Crippen LogP contribution in [0.1, 0.15) is 28.3 Å². The van der Waals surface area contributed by atoms with Gasteiger partial charge in [0.15, 0.2) is 9.84 Å². The summed E-state index contributed by atoms with van der Waals surface area (Å²) in [7, 11) is -3.63. The van der Waals surface area contributed by atoms with Gasteiger partial charge in [0.1, 0.15) is 6.61 Å². The smallest absolute Gasteiger partial charge is 0.411 e. The highest BCUT2D eigenvalue weighted by molar-refractivity contribution is 7.91. The van der Waals surface area contributed by atoms with Gasteiger partial charge >= 0.3 is 6.09 Å². The summed E-state index contributed by atoms with van der Waals surface area (Å²) in [4.78, 5) is 23.6. The number of ether oxygens (including phenoxy) is 1. The Morgan fingerprint density at radius 2 is 1.69 bits per heavy atom. The predicted octanol–water partition coefficient (Wildman–Crippen LogP) is 4.15. The first-order valence-electron chi connectivity index (χ1n) is 11.6. The molecule has 0 bridgehead atoms. The number of rotatable bonds is 10. The minimum atomic E-state index is -3.63. The molecule has 0 aromatic heterocycles. The van der Waals surface area contributed by atoms with E-state index in [9.17, 15) is 23.2 Å². The fourth-order valence-corrected chi connectivity index (χ4v) is 6.45. The minimum absolute atomic E-state index is 0.0470. The molecule has 0 fully saturated rings. The standard InChI is InChI=1S/C27H28N2O6S/c30-19-29(32)26(18-36(33,34)17-21-13-22-9-4-5-10-23(22)14-21)24-11-6-12-25(15-24)28-27(31)35-16-20-7-2-1-3-8-20/h1-12,15,19,21,26,32H,13-14,16-18H2,(H,28,31)/t26-/m1/s1. The fourth-order valence-electron chi connectivity index (χ4n) is 4.54. The Kier molecular flexibility index (Phi) is 8.02. The Morgan fingerprint density at radius 1 is 1.03 bits per heavy atom. The predicted molar refractivity (Wildman–Crippen MR) is 135 cm³/mol. The number of benzene rings is 3. The van der Waals surface area contributed by atoms with Gasteiger partial charge in [-0.05, 0) is 53.1 Å². The number of hydrogen-bond acceptors (Lipinski definition) is 6. The van der Waals surface area contributed by atoms with Crippen LogP contribution in [0.2, 0.25) is 0 Å². The van der Waals surface area contributed by atoms with Crippen LogP contribution in [0, 0.1) is 5.92 Å². The zero-order valence-electron chi connectivity index (χ0n) is 19.6. The third kappa shape index (κ3) is 6.71. The second-order valence-electron chi connectivity index (χ2n) is 8.93. The van der Waals surface area contributed by atoms with Crippen LogP contribution in [0.4, 0.5) is 10.5 Å².